The Morgan fingerprint density at radius 2 is 2.11 bits per heavy atom. The molecule has 0 aliphatic carbocycles. The van der Waals surface area contributed by atoms with Gasteiger partial charge in [-0.25, -0.2) is 9.67 Å². The molecular weight excluding hydrogens is 352 g/mol. The quantitative estimate of drug-likeness (QED) is 0.324. The highest BCUT2D eigenvalue weighted by Gasteiger charge is 2.22. The number of methoxy groups -OCH3 is 1. The van der Waals surface area contributed by atoms with Crippen LogP contribution in [-0.2, 0) is 24.3 Å². The van der Waals surface area contributed by atoms with Crippen LogP contribution in [0.1, 0.15) is 77.4 Å². The van der Waals surface area contributed by atoms with E-state index >= 15 is 0 Å². The topological polar surface area (TPSA) is 76.4 Å². The van der Waals surface area contributed by atoms with E-state index in [1.54, 1.807) is 7.11 Å². The number of nitrogens with one attached hydrogen (secondary N) is 2. The summed E-state index contributed by atoms with van der Waals surface area (Å²) in [7, 11) is 1.68. The summed E-state index contributed by atoms with van der Waals surface area (Å²) in [5.74, 6) is 3.38. The summed E-state index contributed by atoms with van der Waals surface area (Å²) >= 11 is 0. The number of guanidine groups is 1. The molecule has 0 saturated heterocycles. The number of nitrogens with zero attached hydrogens (tertiary/aromatic N) is 4. The number of ether oxygens (including phenoxy) is 1. The van der Waals surface area contributed by atoms with Crippen molar-refractivity contribution < 1.29 is 4.74 Å². The molecular formula is C21H40N6O. The maximum atomic E-state index is 5.15. The van der Waals surface area contributed by atoms with Crippen LogP contribution < -0.4 is 10.6 Å². The number of aryl methyl sites for hydroxylation is 1. The van der Waals surface area contributed by atoms with Crippen molar-refractivity contribution in [3.8, 4) is 0 Å². The van der Waals surface area contributed by atoms with E-state index in [-0.39, 0.29) is 0 Å². The third-order valence-corrected chi connectivity index (χ3v) is 5.22. The fourth-order valence-electron chi connectivity index (χ4n) is 3.62. The number of hydrogen-bond donors (Lipinski definition) is 2. The molecule has 28 heavy (non-hydrogen) atoms. The summed E-state index contributed by atoms with van der Waals surface area (Å²) in [6, 6.07) is 0.326. The summed E-state index contributed by atoms with van der Waals surface area (Å²) in [6.07, 6.45) is 9.96. The molecule has 1 aliphatic rings. The van der Waals surface area contributed by atoms with Gasteiger partial charge in [0.2, 0.25) is 0 Å². The van der Waals surface area contributed by atoms with Gasteiger partial charge in [0, 0.05) is 32.7 Å². The normalized spacial score (nSPS) is 18.0. The standard InChI is InChI=1S/C21H40N6O/c1-5-7-8-9-10-11-17(3)14-23-21(22-6-2)24-18-12-13-20-25-19(16-28-4)26-27(20)15-18/h17-18H,5-16H2,1-4H3,(H2,22,23,24). The van der Waals surface area contributed by atoms with E-state index in [9.17, 15) is 0 Å². The maximum Gasteiger partial charge on any atom is 0.191 e. The lowest BCUT2D eigenvalue weighted by atomic mass is 10.0. The fourth-order valence-corrected chi connectivity index (χ4v) is 3.62. The summed E-state index contributed by atoms with van der Waals surface area (Å²) in [5.41, 5.74) is 0. The van der Waals surface area contributed by atoms with E-state index < -0.39 is 0 Å². The third kappa shape index (κ3) is 7.78. The number of hydrogen-bond acceptors (Lipinski definition) is 4. The van der Waals surface area contributed by atoms with E-state index in [1.165, 1.54) is 38.5 Å². The minimum Gasteiger partial charge on any atom is -0.377 e. The van der Waals surface area contributed by atoms with Gasteiger partial charge in [-0.3, -0.25) is 4.99 Å². The van der Waals surface area contributed by atoms with Crippen LogP contribution in [0, 0.1) is 5.92 Å². The molecule has 2 heterocycles. The van der Waals surface area contributed by atoms with Gasteiger partial charge in [-0.05, 0) is 25.7 Å². The maximum absolute atomic E-state index is 5.15. The van der Waals surface area contributed by atoms with Gasteiger partial charge in [0.1, 0.15) is 12.4 Å². The minimum atomic E-state index is 0.326. The molecule has 2 rings (SSSR count). The molecule has 1 aromatic heterocycles. The Kier molecular flexibility index (Phi) is 10.3. The highest BCUT2D eigenvalue weighted by Crippen LogP contribution is 2.14. The van der Waals surface area contributed by atoms with Crippen molar-refractivity contribution >= 4 is 5.96 Å². The zero-order chi connectivity index (χ0) is 20.2. The first-order valence-electron chi connectivity index (χ1n) is 11.1. The van der Waals surface area contributed by atoms with Crippen LogP contribution in [0.2, 0.25) is 0 Å². The van der Waals surface area contributed by atoms with Crippen LogP contribution >= 0.6 is 0 Å². The monoisotopic (exact) mass is 392 g/mol. The van der Waals surface area contributed by atoms with E-state index in [2.05, 4.69) is 41.5 Å². The Balaban J connectivity index is 1.80. The van der Waals surface area contributed by atoms with Crippen molar-refractivity contribution in [1.82, 2.24) is 25.4 Å². The lowest BCUT2D eigenvalue weighted by molar-refractivity contribution is 0.177. The largest absolute Gasteiger partial charge is 0.377 e. The molecule has 2 N–H and O–H groups in total. The molecule has 0 amide bonds. The first kappa shape index (κ1) is 22.7. The molecule has 7 nitrogen and oxygen atoms in total. The SMILES string of the molecule is CCCCCCCC(C)CN=C(NCC)NC1CCc2nc(COC)nn2C1. The molecule has 0 aromatic carbocycles. The summed E-state index contributed by atoms with van der Waals surface area (Å²) in [5, 5.41) is 11.5. The van der Waals surface area contributed by atoms with Crippen LogP contribution in [-0.4, -0.2) is 47.0 Å². The molecule has 160 valence electrons. The van der Waals surface area contributed by atoms with Gasteiger partial charge in [-0.2, -0.15) is 5.10 Å². The van der Waals surface area contributed by atoms with Crippen LogP contribution in [0.25, 0.3) is 0 Å². The molecule has 0 fully saturated rings. The van der Waals surface area contributed by atoms with E-state index in [4.69, 9.17) is 9.73 Å². The Hall–Kier alpha value is -1.63. The van der Waals surface area contributed by atoms with Crippen molar-refractivity contribution in [1.29, 1.82) is 0 Å². The lowest BCUT2D eigenvalue weighted by Crippen LogP contribution is -2.47. The van der Waals surface area contributed by atoms with Gasteiger partial charge in [0.25, 0.3) is 0 Å². The first-order chi connectivity index (χ1) is 13.7. The Morgan fingerprint density at radius 1 is 1.29 bits per heavy atom. The first-order valence-corrected chi connectivity index (χ1v) is 11.1. The van der Waals surface area contributed by atoms with E-state index in [0.717, 1.165) is 50.1 Å². The second-order valence-corrected chi connectivity index (χ2v) is 7.97. The molecule has 2 atom stereocenters. The predicted octanol–water partition coefficient (Wildman–Crippen LogP) is 3.29. The van der Waals surface area contributed by atoms with Crippen LogP contribution in [0.15, 0.2) is 4.99 Å². The highest BCUT2D eigenvalue weighted by atomic mass is 16.5. The van der Waals surface area contributed by atoms with Gasteiger partial charge in [-0.1, -0.05) is 46.0 Å². The van der Waals surface area contributed by atoms with Gasteiger partial charge < -0.3 is 15.4 Å². The zero-order valence-electron chi connectivity index (χ0n) is 18.3. The molecule has 0 saturated carbocycles. The van der Waals surface area contributed by atoms with Crippen molar-refractivity contribution in [2.75, 3.05) is 20.2 Å². The Morgan fingerprint density at radius 3 is 2.86 bits per heavy atom. The van der Waals surface area contributed by atoms with Crippen LogP contribution in [0.4, 0.5) is 0 Å². The van der Waals surface area contributed by atoms with Crippen molar-refractivity contribution in [2.45, 2.75) is 91.3 Å². The van der Waals surface area contributed by atoms with Gasteiger partial charge in [0.15, 0.2) is 11.8 Å². The zero-order valence-corrected chi connectivity index (χ0v) is 18.3. The molecule has 1 aliphatic heterocycles. The molecule has 0 bridgehead atoms. The lowest BCUT2D eigenvalue weighted by Gasteiger charge is -2.25. The fraction of sp³-hybridized carbons (Fsp3) is 0.857. The van der Waals surface area contributed by atoms with Gasteiger partial charge in [-0.15, -0.1) is 0 Å². The highest BCUT2D eigenvalue weighted by molar-refractivity contribution is 5.80. The number of aliphatic imine (C=N–C) groups is 1. The number of rotatable bonds is 12. The average molecular weight is 393 g/mol. The number of unbranched alkanes of at least 4 members (excludes halogenated alkanes) is 4. The smallest absolute Gasteiger partial charge is 0.191 e. The molecule has 0 spiro atoms. The summed E-state index contributed by atoms with van der Waals surface area (Å²) < 4.78 is 7.16. The van der Waals surface area contributed by atoms with Crippen molar-refractivity contribution in [2.24, 2.45) is 10.9 Å². The molecule has 7 heteroatoms. The average Bonchev–Trinajstić information content (AvgIpc) is 3.08. The van der Waals surface area contributed by atoms with E-state index in [0.29, 0.717) is 18.6 Å². The van der Waals surface area contributed by atoms with Crippen LogP contribution in [0.5, 0.6) is 0 Å². The second-order valence-electron chi connectivity index (χ2n) is 7.97. The van der Waals surface area contributed by atoms with Crippen LogP contribution in [0.3, 0.4) is 0 Å². The van der Waals surface area contributed by atoms with Crippen molar-refractivity contribution in [3.63, 3.8) is 0 Å². The molecule has 0 radical (unpaired) electrons. The summed E-state index contributed by atoms with van der Waals surface area (Å²) in [6.45, 7) is 9.73. The minimum absolute atomic E-state index is 0.326. The molecule has 2 unspecified atom stereocenters. The van der Waals surface area contributed by atoms with Gasteiger partial charge >= 0.3 is 0 Å². The summed E-state index contributed by atoms with van der Waals surface area (Å²) in [4.78, 5) is 9.39. The Labute approximate surface area is 170 Å². The predicted molar refractivity (Wildman–Crippen MR) is 114 cm³/mol. The number of fused-ring (bicyclic) bond motifs is 1. The number of aromatic nitrogens is 3. The van der Waals surface area contributed by atoms with Gasteiger partial charge in [0.05, 0.1) is 6.54 Å². The molecule has 1 aromatic rings. The second kappa shape index (κ2) is 12.8. The van der Waals surface area contributed by atoms with Crippen molar-refractivity contribution in [3.05, 3.63) is 11.6 Å². The Bertz CT molecular complexity index is 585. The third-order valence-electron chi connectivity index (χ3n) is 5.22. The van der Waals surface area contributed by atoms with E-state index in [1.807, 2.05) is 4.68 Å².